The molecule has 6 nitrogen and oxygen atoms in total. The number of nitrogens with zero attached hydrogens (tertiary/aromatic N) is 2. The molecule has 1 heterocycles. The molecule has 0 aliphatic carbocycles. The summed E-state index contributed by atoms with van der Waals surface area (Å²) in [6, 6.07) is 20.1. The monoisotopic (exact) mass is 348 g/mol. The van der Waals surface area contributed by atoms with Gasteiger partial charge < -0.3 is 11.1 Å². The van der Waals surface area contributed by atoms with Gasteiger partial charge in [0.05, 0.1) is 11.2 Å². The molecule has 3 N–H and O–H groups in total. The Bertz CT molecular complexity index is 931. The second-order valence-corrected chi connectivity index (χ2v) is 6.47. The van der Waals surface area contributed by atoms with Crippen LogP contribution in [0.2, 0.25) is 0 Å². The molecule has 0 saturated heterocycles. The highest BCUT2D eigenvalue weighted by Crippen LogP contribution is 2.20. The van der Waals surface area contributed by atoms with Crippen LogP contribution >= 0.6 is 0 Å². The summed E-state index contributed by atoms with van der Waals surface area (Å²) in [5.41, 5.74) is 6.76. The first-order valence-corrected chi connectivity index (χ1v) is 8.22. The Hall–Kier alpha value is -3.41. The van der Waals surface area contributed by atoms with Crippen molar-refractivity contribution in [2.24, 2.45) is 5.73 Å². The Morgan fingerprint density at radius 2 is 1.58 bits per heavy atom. The summed E-state index contributed by atoms with van der Waals surface area (Å²) in [6.45, 7) is 3.81. The second-order valence-electron chi connectivity index (χ2n) is 6.47. The number of nitrogens with one attached hydrogen (secondary N) is 1. The molecule has 0 saturated carbocycles. The molecular weight excluding hydrogens is 328 g/mol. The molecule has 0 unspecified atom stereocenters. The summed E-state index contributed by atoms with van der Waals surface area (Å²) in [6.07, 6.45) is 0. The van der Waals surface area contributed by atoms with Crippen molar-refractivity contribution in [3.8, 4) is 5.69 Å². The summed E-state index contributed by atoms with van der Waals surface area (Å²) >= 11 is 0. The zero-order valence-corrected chi connectivity index (χ0v) is 14.6. The van der Waals surface area contributed by atoms with Crippen molar-refractivity contribution in [2.45, 2.75) is 19.4 Å². The number of primary amides is 1. The molecule has 6 heteroatoms. The Balaban J connectivity index is 1.92. The predicted octanol–water partition coefficient (Wildman–Crippen LogP) is 2.64. The summed E-state index contributed by atoms with van der Waals surface area (Å²) in [5.74, 6) is -1.03. The Labute approximate surface area is 151 Å². The first-order chi connectivity index (χ1) is 12.4. The second kappa shape index (κ2) is 6.84. The van der Waals surface area contributed by atoms with E-state index >= 15 is 0 Å². The molecule has 3 rings (SSSR count). The van der Waals surface area contributed by atoms with Crippen molar-refractivity contribution in [1.29, 1.82) is 0 Å². The maximum absolute atomic E-state index is 12.7. The lowest BCUT2D eigenvalue weighted by atomic mass is 9.94. The van der Waals surface area contributed by atoms with E-state index < -0.39 is 11.4 Å². The maximum Gasteiger partial charge on any atom is 0.272 e. The lowest BCUT2D eigenvalue weighted by molar-refractivity contribution is 0.0906. The number of carbonyl (C=O) groups excluding carboxylic acids is 2. The minimum Gasteiger partial charge on any atom is -0.364 e. The third-order valence-electron chi connectivity index (χ3n) is 4.12. The quantitative estimate of drug-likeness (QED) is 0.743. The molecule has 0 bridgehead atoms. The van der Waals surface area contributed by atoms with E-state index in [9.17, 15) is 9.59 Å². The lowest BCUT2D eigenvalue weighted by Gasteiger charge is -2.26. The zero-order chi connectivity index (χ0) is 18.7. The third kappa shape index (κ3) is 3.49. The molecule has 2 aromatic carbocycles. The highest BCUT2D eigenvalue weighted by molar-refractivity contribution is 5.98. The van der Waals surface area contributed by atoms with Crippen LogP contribution < -0.4 is 11.1 Å². The average Bonchev–Trinajstić information content (AvgIpc) is 3.09. The number of nitrogens with two attached hydrogens (primary N) is 1. The van der Waals surface area contributed by atoms with Crippen molar-refractivity contribution in [2.75, 3.05) is 0 Å². The highest BCUT2D eigenvalue weighted by atomic mass is 16.2. The molecule has 0 fully saturated rings. The molecule has 0 atom stereocenters. The van der Waals surface area contributed by atoms with Crippen LogP contribution in [0.25, 0.3) is 5.69 Å². The van der Waals surface area contributed by atoms with Crippen LogP contribution in [0.1, 0.15) is 40.4 Å². The first kappa shape index (κ1) is 17.4. The lowest BCUT2D eigenvalue weighted by Crippen LogP contribution is -2.41. The van der Waals surface area contributed by atoms with Gasteiger partial charge in [0.25, 0.3) is 11.8 Å². The largest absolute Gasteiger partial charge is 0.364 e. The minimum absolute atomic E-state index is 0.131. The van der Waals surface area contributed by atoms with Gasteiger partial charge in [-0.2, -0.15) is 5.10 Å². The van der Waals surface area contributed by atoms with Crippen LogP contribution in [0.3, 0.4) is 0 Å². The molecule has 0 radical (unpaired) electrons. The molecule has 0 aliphatic rings. The van der Waals surface area contributed by atoms with Crippen LogP contribution in [-0.4, -0.2) is 21.6 Å². The fraction of sp³-hybridized carbons (Fsp3) is 0.150. The van der Waals surface area contributed by atoms with E-state index in [1.54, 1.807) is 12.1 Å². The van der Waals surface area contributed by atoms with Gasteiger partial charge in [0.2, 0.25) is 0 Å². The van der Waals surface area contributed by atoms with Crippen molar-refractivity contribution in [3.05, 3.63) is 83.7 Å². The fourth-order valence-corrected chi connectivity index (χ4v) is 2.71. The van der Waals surface area contributed by atoms with E-state index in [0.717, 1.165) is 5.56 Å². The van der Waals surface area contributed by atoms with Crippen LogP contribution in [0.15, 0.2) is 66.7 Å². The predicted molar refractivity (Wildman–Crippen MR) is 99.0 cm³/mol. The summed E-state index contributed by atoms with van der Waals surface area (Å²) in [4.78, 5) is 24.5. The molecule has 2 amide bonds. The van der Waals surface area contributed by atoms with Crippen LogP contribution in [0.5, 0.6) is 0 Å². The van der Waals surface area contributed by atoms with Crippen molar-refractivity contribution in [3.63, 3.8) is 0 Å². The highest BCUT2D eigenvalue weighted by Gasteiger charge is 2.26. The van der Waals surface area contributed by atoms with E-state index in [2.05, 4.69) is 10.4 Å². The number of para-hydroxylation sites is 1. The Morgan fingerprint density at radius 1 is 1.00 bits per heavy atom. The molecule has 3 aromatic rings. The van der Waals surface area contributed by atoms with Crippen molar-refractivity contribution >= 4 is 11.8 Å². The number of amides is 2. The van der Waals surface area contributed by atoms with Gasteiger partial charge in [-0.25, -0.2) is 4.68 Å². The number of benzene rings is 2. The van der Waals surface area contributed by atoms with E-state index in [1.165, 1.54) is 10.7 Å². The Kier molecular flexibility index (Phi) is 4.58. The third-order valence-corrected chi connectivity index (χ3v) is 4.12. The molecule has 1 aromatic heterocycles. The van der Waals surface area contributed by atoms with Gasteiger partial charge in [-0.1, -0.05) is 48.5 Å². The van der Waals surface area contributed by atoms with Gasteiger partial charge >= 0.3 is 0 Å². The van der Waals surface area contributed by atoms with Gasteiger partial charge in [0.15, 0.2) is 5.69 Å². The van der Waals surface area contributed by atoms with Gasteiger partial charge in [0.1, 0.15) is 5.69 Å². The normalized spacial score (nSPS) is 11.2. The Morgan fingerprint density at radius 3 is 2.15 bits per heavy atom. The minimum atomic E-state index is -0.650. The van der Waals surface area contributed by atoms with Crippen LogP contribution in [0.4, 0.5) is 0 Å². The fourth-order valence-electron chi connectivity index (χ4n) is 2.71. The van der Waals surface area contributed by atoms with Crippen LogP contribution in [-0.2, 0) is 5.54 Å². The number of aromatic nitrogens is 2. The number of hydrogen-bond acceptors (Lipinski definition) is 3. The average molecular weight is 348 g/mol. The van der Waals surface area contributed by atoms with E-state index in [4.69, 9.17) is 5.73 Å². The van der Waals surface area contributed by atoms with Crippen molar-refractivity contribution < 1.29 is 9.59 Å². The number of rotatable bonds is 5. The van der Waals surface area contributed by atoms with Gasteiger partial charge in [-0.15, -0.1) is 0 Å². The van der Waals surface area contributed by atoms with Gasteiger partial charge in [-0.3, -0.25) is 9.59 Å². The van der Waals surface area contributed by atoms with E-state index in [1.807, 2.05) is 62.4 Å². The standard InChI is InChI=1S/C20H20N4O2/c1-20(2,14-9-5-3-6-10-14)22-19(26)16-13-17(18(21)25)24(23-16)15-11-7-4-8-12-15/h3-13H,1-2H3,(H2,21,25)(H,22,26). The summed E-state index contributed by atoms with van der Waals surface area (Å²) in [5, 5.41) is 7.24. The number of hydrogen-bond donors (Lipinski definition) is 2. The van der Waals surface area contributed by atoms with Crippen molar-refractivity contribution in [1.82, 2.24) is 15.1 Å². The maximum atomic E-state index is 12.7. The molecule has 26 heavy (non-hydrogen) atoms. The number of carbonyl (C=O) groups is 2. The van der Waals surface area contributed by atoms with E-state index in [-0.39, 0.29) is 17.3 Å². The van der Waals surface area contributed by atoms with Gasteiger partial charge in [-0.05, 0) is 31.5 Å². The molecular formula is C20H20N4O2. The van der Waals surface area contributed by atoms with E-state index in [0.29, 0.717) is 5.69 Å². The molecule has 0 spiro atoms. The zero-order valence-electron chi connectivity index (χ0n) is 14.6. The summed E-state index contributed by atoms with van der Waals surface area (Å²) < 4.78 is 1.38. The van der Waals surface area contributed by atoms with Gasteiger partial charge in [0, 0.05) is 6.07 Å². The SMILES string of the molecule is CC(C)(NC(=O)c1cc(C(N)=O)n(-c2ccccc2)n1)c1ccccc1. The topological polar surface area (TPSA) is 90.0 Å². The van der Waals surface area contributed by atoms with Crippen LogP contribution in [0, 0.1) is 0 Å². The smallest absolute Gasteiger partial charge is 0.272 e. The molecule has 0 aliphatic heterocycles. The molecule has 132 valence electrons. The first-order valence-electron chi connectivity index (χ1n) is 8.22. The summed E-state index contributed by atoms with van der Waals surface area (Å²) in [7, 11) is 0.